The summed E-state index contributed by atoms with van der Waals surface area (Å²) in [6.07, 6.45) is -5.20. The number of carbonyl (C=O) groups is 1. The third-order valence-electron chi connectivity index (χ3n) is 2.70. The first-order valence-corrected chi connectivity index (χ1v) is 4.92. The molecule has 0 saturated carbocycles. The van der Waals surface area contributed by atoms with Crippen LogP contribution in [0.1, 0.15) is 6.42 Å². The summed E-state index contributed by atoms with van der Waals surface area (Å²) in [7, 11) is 0. The summed E-state index contributed by atoms with van der Waals surface area (Å²) < 4.78 is 38.1. The first kappa shape index (κ1) is 13.3. The van der Waals surface area contributed by atoms with Crippen LogP contribution >= 0.6 is 11.6 Å². The van der Waals surface area contributed by atoms with Crippen LogP contribution in [0.4, 0.5) is 13.2 Å². The van der Waals surface area contributed by atoms with Gasteiger partial charge < -0.3 is 5.11 Å². The van der Waals surface area contributed by atoms with E-state index < -0.39 is 30.5 Å². The normalized spacial score (nSPS) is 27.0. The summed E-state index contributed by atoms with van der Waals surface area (Å²) in [4.78, 5) is 12.1. The van der Waals surface area contributed by atoms with Gasteiger partial charge in [0.15, 0.2) is 5.41 Å². The lowest BCUT2D eigenvalue weighted by Crippen LogP contribution is -2.47. The predicted octanol–water partition coefficient (Wildman–Crippen LogP) is 2.08. The third-order valence-corrected chi connectivity index (χ3v) is 2.82. The predicted molar refractivity (Wildman–Crippen MR) is 52.2 cm³/mol. The van der Waals surface area contributed by atoms with E-state index in [1.165, 1.54) is 4.90 Å². The second kappa shape index (κ2) is 4.25. The second-order valence-corrected chi connectivity index (χ2v) is 4.40. The molecule has 92 valence electrons. The molecule has 16 heavy (non-hydrogen) atoms. The van der Waals surface area contributed by atoms with E-state index in [2.05, 4.69) is 6.58 Å². The van der Waals surface area contributed by atoms with E-state index in [0.717, 1.165) is 0 Å². The molecule has 7 heteroatoms. The number of likely N-dealkylation sites (tertiary alicyclic amines) is 1. The third kappa shape index (κ3) is 2.32. The van der Waals surface area contributed by atoms with Gasteiger partial charge in [0, 0.05) is 24.7 Å². The summed E-state index contributed by atoms with van der Waals surface area (Å²) in [5, 5.41) is 8.95. The minimum atomic E-state index is -4.75. The van der Waals surface area contributed by atoms with Crippen LogP contribution in [0.25, 0.3) is 0 Å². The maximum absolute atomic E-state index is 12.7. The monoisotopic (exact) mass is 257 g/mol. The molecular formula is C9H11ClF3NO2. The van der Waals surface area contributed by atoms with Crippen molar-refractivity contribution < 1.29 is 23.1 Å². The molecule has 1 heterocycles. The summed E-state index contributed by atoms with van der Waals surface area (Å²) >= 11 is 5.48. The van der Waals surface area contributed by atoms with Gasteiger partial charge in [-0.2, -0.15) is 13.2 Å². The number of hydrogen-bond donors (Lipinski definition) is 1. The fraction of sp³-hybridized carbons (Fsp3) is 0.667. The van der Waals surface area contributed by atoms with Crippen LogP contribution in [0.2, 0.25) is 0 Å². The highest BCUT2D eigenvalue weighted by molar-refractivity contribution is 6.29. The molecule has 1 rings (SSSR count). The number of aliphatic carboxylic acids is 1. The highest BCUT2D eigenvalue weighted by atomic mass is 35.5. The van der Waals surface area contributed by atoms with E-state index in [-0.39, 0.29) is 18.1 Å². The molecule has 0 aromatic heterocycles. The van der Waals surface area contributed by atoms with Crippen LogP contribution < -0.4 is 0 Å². The van der Waals surface area contributed by atoms with Crippen molar-refractivity contribution in [1.29, 1.82) is 0 Å². The van der Waals surface area contributed by atoms with Gasteiger partial charge in [0.1, 0.15) is 0 Å². The summed E-state index contributed by atoms with van der Waals surface area (Å²) in [6.45, 7) is 2.93. The minimum Gasteiger partial charge on any atom is -0.481 e. The zero-order valence-electron chi connectivity index (χ0n) is 8.35. The van der Waals surface area contributed by atoms with Crippen molar-refractivity contribution in [1.82, 2.24) is 4.90 Å². The Morgan fingerprint density at radius 2 is 2.12 bits per heavy atom. The molecule has 0 spiro atoms. The quantitative estimate of drug-likeness (QED) is 0.842. The van der Waals surface area contributed by atoms with E-state index in [1.54, 1.807) is 0 Å². The van der Waals surface area contributed by atoms with E-state index in [0.29, 0.717) is 0 Å². The maximum Gasteiger partial charge on any atom is 0.406 e. The van der Waals surface area contributed by atoms with Crippen LogP contribution in [0, 0.1) is 5.41 Å². The Morgan fingerprint density at radius 3 is 2.44 bits per heavy atom. The average molecular weight is 258 g/mol. The largest absolute Gasteiger partial charge is 0.481 e. The highest BCUT2D eigenvalue weighted by Crippen LogP contribution is 2.45. The van der Waals surface area contributed by atoms with Gasteiger partial charge in [0.05, 0.1) is 0 Å². The molecule has 3 nitrogen and oxygen atoms in total. The lowest BCUT2D eigenvalue weighted by Gasteiger charge is -2.27. The van der Waals surface area contributed by atoms with Crippen molar-refractivity contribution in [3.8, 4) is 0 Å². The maximum atomic E-state index is 12.7. The number of nitrogens with zero attached hydrogens (tertiary/aromatic N) is 1. The molecule has 1 saturated heterocycles. The average Bonchev–Trinajstić information content (AvgIpc) is 2.46. The van der Waals surface area contributed by atoms with Gasteiger partial charge in [-0.3, -0.25) is 9.69 Å². The Labute approximate surface area is 95.5 Å². The fourth-order valence-corrected chi connectivity index (χ4v) is 1.96. The van der Waals surface area contributed by atoms with Crippen molar-refractivity contribution in [2.45, 2.75) is 12.6 Å². The standard InChI is InChI=1S/C9H11ClF3NO2/c1-6(10)4-14-3-2-8(5-14,7(15)16)9(11,12)13/h1-5H2,(H,15,16). The Kier molecular flexibility index (Phi) is 3.54. The van der Waals surface area contributed by atoms with Crippen LogP contribution in [0.3, 0.4) is 0 Å². The Hall–Kier alpha value is -0.750. The van der Waals surface area contributed by atoms with Crippen molar-refractivity contribution >= 4 is 17.6 Å². The first-order valence-electron chi connectivity index (χ1n) is 4.55. The van der Waals surface area contributed by atoms with Crippen molar-refractivity contribution in [2.75, 3.05) is 19.6 Å². The molecule has 1 aliphatic rings. The summed E-state index contributed by atoms with van der Waals surface area (Å²) in [5.74, 6) is -1.83. The topological polar surface area (TPSA) is 40.5 Å². The lowest BCUT2D eigenvalue weighted by molar-refractivity contribution is -0.227. The molecule has 1 unspecified atom stereocenters. The molecule has 0 aromatic rings. The van der Waals surface area contributed by atoms with Crippen LogP contribution in [0.15, 0.2) is 11.6 Å². The molecular weight excluding hydrogens is 247 g/mol. The first-order chi connectivity index (χ1) is 7.19. The van der Waals surface area contributed by atoms with Gasteiger partial charge in [0.2, 0.25) is 0 Å². The van der Waals surface area contributed by atoms with Gasteiger partial charge in [-0.1, -0.05) is 18.2 Å². The number of carboxylic acid groups (broad SMARTS) is 1. The van der Waals surface area contributed by atoms with Gasteiger partial charge >= 0.3 is 12.1 Å². The summed E-state index contributed by atoms with van der Waals surface area (Å²) in [6, 6.07) is 0. The van der Waals surface area contributed by atoms with Gasteiger partial charge in [-0.05, 0) is 6.42 Å². The zero-order chi connectivity index (χ0) is 12.6. The minimum absolute atomic E-state index is 0.0531. The molecule has 1 atom stereocenters. The van der Waals surface area contributed by atoms with E-state index >= 15 is 0 Å². The fourth-order valence-electron chi connectivity index (χ4n) is 1.79. The number of alkyl halides is 3. The summed E-state index contributed by atoms with van der Waals surface area (Å²) in [5.41, 5.74) is -2.67. The molecule has 0 aromatic carbocycles. The SMILES string of the molecule is C=C(Cl)CN1CCC(C(=O)O)(C(F)(F)F)C1. The van der Waals surface area contributed by atoms with Crippen LogP contribution in [0.5, 0.6) is 0 Å². The van der Waals surface area contributed by atoms with E-state index in [4.69, 9.17) is 16.7 Å². The molecule has 0 bridgehead atoms. The lowest BCUT2D eigenvalue weighted by atomic mass is 9.86. The number of rotatable bonds is 3. The number of carboxylic acids is 1. The van der Waals surface area contributed by atoms with Crippen molar-refractivity contribution in [3.05, 3.63) is 11.6 Å². The second-order valence-electron chi connectivity index (χ2n) is 3.86. The van der Waals surface area contributed by atoms with Gasteiger partial charge in [0.25, 0.3) is 0 Å². The molecule has 1 aliphatic heterocycles. The number of halogens is 4. The Bertz CT molecular complexity index is 318. The molecule has 0 amide bonds. The van der Waals surface area contributed by atoms with E-state index in [9.17, 15) is 18.0 Å². The highest BCUT2D eigenvalue weighted by Gasteiger charge is 2.63. The Morgan fingerprint density at radius 1 is 1.56 bits per heavy atom. The Balaban J connectivity index is 2.86. The van der Waals surface area contributed by atoms with Crippen molar-refractivity contribution in [3.63, 3.8) is 0 Å². The van der Waals surface area contributed by atoms with Gasteiger partial charge in [-0.15, -0.1) is 0 Å². The molecule has 0 radical (unpaired) electrons. The smallest absolute Gasteiger partial charge is 0.406 e. The molecule has 1 N–H and O–H groups in total. The van der Waals surface area contributed by atoms with Crippen LogP contribution in [-0.2, 0) is 4.79 Å². The van der Waals surface area contributed by atoms with Crippen LogP contribution in [-0.4, -0.2) is 41.8 Å². The number of hydrogen-bond acceptors (Lipinski definition) is 2. The van der Waals surface area contributed by atoms with E-state index in [1.807, 2.05) is 0 Å². The van der Waals surface area contributed by atoms with Crippen molar-refractivity contribution in [2.24, 2.45) is 5.41 Å². The molecule has 1 fully saturated rings. The van der Waals surface area contributed by atoms with Gasteiger partial charge in [-0.25, -0.2) is 0 Å². The molecule has 0 aliphatic carbocycles. The zero-order valence-corrected chi connectivity index (χ0v) is 9.11.